The van der Waals surface area contributed by atoms with Crippen LogP contribution < -0.4 is 11.1 Å². The SMILES string of the molecule is CC(N)C(C)C(=O)NCCc1ccc(Br)cc1. The van der Waals surface area contributed by atoms with Crippen molar-refractivity contribution < 1.29 is 4.79 Å². The number of nitrogens with one attached hydrogen (secondary N) is 1. The number of hydrogen-bond acceptors (Lipinski definition) is 2. The summed E-state index contributed by atoms with van der Waals surface area (Å²) in [7, 11) is 0. The van der Waals surface area contributed by atoms with Crippen LogP contribution in [0.15, 0.2) is 28.7 Å². The maximum Gasteiger partial charge on any atom is 0.224 e. The standard InChI is InChI=1S/C13H19BrN2O/c1-9(10(2)15)13(17)16-8-7-11-3-5-12(14)6-4-11/h3-6,9-10H,7-8,15H2,1-2H3,(H,16,17). The van der Waals surface area contributed by atoms with Gasteiger partial charge < -0.3 is 11.1 Å². The molecule has 1 aromatic carbocycles. The van der Waals surface area contributed by atoms with Crippen molar-refractivity contribution >= 4 is 21.8 Å². The highest BCUT2D eigenvalue weighted by Gasteiger charge is 2.15. The topological polar surface area (TPSA) is 55.1 Å². The first-order chi connectivity index (χ1) is 8.00. The van der Waals surface area contributed by atoms with Crippen LogP contribution in [0.3, 0.4) is 0 Å². The summed E-state index contributed by atoms with van der Waals surface area (Å²) in [5, 5.41) is 2.90. The van der Waals surface area contributed by atoms with Crippen molar-refractivity contribution in [2.24, 2.45) is 11.7 Å². The molecule has 0 aliphatic carbocycles. The third kappa shape index (κ3) is 4.88. The summed E-state index contributed by atoms with van der Waals surface area (Å²) in [4.78, 5) is 11.6. The van der Waals surface area contributed by atoms with E-state index in [0.29, 0.717) is 6.54 Å². The molecule has 0 aromatic heterocycles. The van der Waals surface area contributed by atoms with Gasteiger partial charge in [0.15, 0.2) is 0 Å². The summed E-state index contributed by atoms with van der Waals surface area (Å²) in [6, 6.07) is 7.99. The van der Waals surface area contributed by atoms with Gasteiger partial charge in [-0.15, -0.1) is 0 Å². The van der Waals surface area contributed by atoms with Crippen molar-refractivity contribution in [3.05, 3.63) is 34.3 Å². The van der Waals surface area contributed by atoms with Gasteiger partial charge in [0.25, 0.3) is 0 Å². The van der Waals surface area contributed by atoms with Crippen LogP contribution in [0.25, 0.3) is 0 Å². The molecule has 0 aliphatic rings. The van der Waals surface area contributed by atoms with E-state index in [0.717, 1.165) is 10.9 Å². The Morgan fingerprint density at radius 3 is 2.47 bits per heavy atom. The molecule has 4 heteroatoms. The molecule has 0 radical (unpaired) electrons. The van der Waals surface area contributed by atoms with Gasteiger partial charge in [0, 0.05) is 23.0 Å². The fraction of sp³-hybridized carbons (Fsp3) is 0.462. The molecule has 3 N–H and O–H groups in total. The van der Waals surface area contributed by atoms with E-state index in [9.17, 15) is 4.79 Å². The Kier molecular flexibility index (Phi) is 5.65. The Balaban J connectivity index is 2.33. The van der Waals surface area contributed by atoms with Crippen LogP contribution in [0.1, 0.15) is 19.4 Å². The van der Waals surface area contributed by atoms with Crippen LogP contribution in [-0.4, -0.2) is 18.5 Å². The minimum Gasteiger partial charge on any atom is -0.355 e. The van der Waals surface area contributed by atoms with Crippen LogP contribution >= 0.6 is 15.9 Å². The van der Waals surface area contributed by atoms with Crippen molar-refractivity contribution in [1.82, 2.24) is 5.32 Å². The zero-order valence-corrected chi connectivity index (χ0v) is 11.8. The summed E-state index contributed by atoms with van der Waals surface area (Å²) in [6.07, 6.45) is 0.838. The summed E-state index contributed by atoms with van der Waals surface area (Å²) in [6.45, 7) is 4.34. The van der Waals surface area contributed by atoms with Gasteiger partial charge in [0.2, 0.25) is 5.91 Å². The summed E-state index contributed by atoms with van der Waals surface area (Å²) in [5.74, 6) is -0.114. The average Bonchev–Trinajstić information content (AvgIpc) is 2.30. The molecule has 2 atom stereocenters. The Bertz CT molecular complexity index is 362. The van der Waals surface area contributed by atoms with Gasteiger partial charge in [-0.2, -0.15) is 0 Å². The summed E-state index contributed by atoms with van der Waals surface area (Å²) < 4.78 is 1.07. The van der Waals surface area contributed by atoms with Gasteiger partial charge in [-0.05, 0) is 31.0 Å². The molecule has 0 saturated heterocycles. The zero-order valence-electron chi connectivity index (χ0n) is 10.2. The van der Waals surface area contributed by atoms with Crippen LogP contribution in [0.2, 0.25) is 0 Å². The number of nitrogens with two attached hydrogens (primary N) is 1. The van der Waals surface area contributed by atoms with Gasteiger partial charge in [-0.3, -0.25) is 4.79 Å². The minimum absolute atomic E-state index is 0.0251. The van der Waals surface area contributed by atoms with Crippen LogP contribution in [0.5, 0.6) is 0 Å². The molecular weight excluding hydrogens is 280 g/mol. The van der Waals surface area contributed by atoms with E-state index in [1.54, 1.807) is 0 Å². The molecule has 2 unspecified atom stereocenters. The van der Waals surface area contributed by atoms with E-state index in [1.165, 1.54) is 5.56 Å². The number of rotatable bonds is 5. The van der Waals surface area contributed by atoms with Crippen molar-refractivity contribution in [2.45, 2.75) is 26.3 Å². The molecule has 1 aromatic rings. The van der Waals surface area contributed by atoms with E-state index in [4.69, 9.17) is 5.73 Å². The average molecular weight is 299 g/mol. The number of hydrogen-bond donors (Lipinski definition) is 2. The first-order valence-corrected chi connectivity index (χ1v) is 6.57. The molecule has 94 valence electrons. The highest BCUT2D eigenvalue weighted by atomic mass is 79.9. The Labute approximate surface area is 111 Å². The van der Waals surface area contributed by atoms with Gasteiger partial charge in [0.1, 0.15) is 0 Å². The molecule has 3 nitrogen and oxygen atoms in total. The van der Waals surface area contributed by atoms with Gasteiger partial charge in [-0.25, -0.2) is 0 Å². The lowest BCUT2D eigenvalue weighted by atomic mass is 10.0. The number of amides is 1. The Hall–Kier alpha value is -0.870. The Morgan fingerprint density at radius 1 is 1.35 bits per heavy atom. The molecular formula is C13H19BrN2O. The van der Waals surface area contributed by atoms with Gasteiger partial charge >= 0.3 is 0 Å². The smallest absolute Gasteiger partial charge is 0.224 e. The van der Waals surface area contributed by atoms with Crippen molar-refractivity contribution in [2.75, 3.05) is 6.54 Å². The zero-order chi connectivity index (χ0) is 12.8. The molecule has 0 aliphatic heterocycles. The fourth-order valence-electron chi connectivity index (χ4n) is 1.38. The lowest BCUT2D eigenvalue weighted by molar-refractivity contribution is -0.124. The largest absolute Gasteiger partial charge is 0.355 e. The number of carbonyl (C=O) groups excluding carboxylic acids is 1. The van der Waals surface area contributed by atoms with E-state index in [2.05, 4.69) is 21.2 Å². The van der Waals surface area contributed by atoms with Crippen LogP contribution in [-0.2, 0) is 11.2 Å². The van der Waals surface area contributed by atoms with E-state index in [1.807, 2.05) is 38.1 Å². The Morgan fingerprint density at radius 2 is 1.94 bits per heavy atom. The van der Waals surface area contributed by atoms with Gasteiger partial charge in [-0.1, -0.05) is 35.0 Å². The highest BCUT2D eigenvalue weighted by Crippen LogP contribution is 2.10. The molecule has 0 spiro atoms. The molecule has 1 rings (SSSR count). The normalized spacial score (nSPS) is 14.1. The second-order valence-corrected chi connectivity index (χ2v) is 5.23. The minimum atomic E-state index is -0.139. The monoisotopic (exact) mass is 298 g/mol. The third-order valence-corrected chi connectivity index (χ3v) is 3.36. The first-order valence-electron chi connectivity index (χ1n) is 5.78. The second kappa shape index (κ2) is 6.77. The lowest BCUT2D eigenvalue weighted by Crippen LogP contribution is -2.39. The van der Waals surface area contributed by atoms with Crippen LogP contribution in [0.4, 0.5) is 0 Å². The molecule has 0 saturated carbocycles. The van der Waals surface area contributed by atoms with Crippen molar-refractivity contribution in [3.63, 3.8) is 0 Å². The molecule has 0 heterocycles. The quantitative estimate of drug-likeness (QED) is 0.874. The lowest BCUT2D eigenvalue weighted by Gasteiger charge is -2.15. The van der Waals surface area contributed by atoms with E-state index in [-0.39, 0.29) is 17.9 Å². The van der Waals surface area contributed by atoms with Gasteiger partial charge in [0.05, 0.1) is 0 Å². The van der Waals surface area contributed by atoms with E-state index < -0.39 is 0 Å². The highest BCUT2D eigenvalue weighted by molar-refractivity contribution is 9.10. The molecule has 0 fully saturated rings. The summed E-state index contributed by atoms with van der Waals surface area (Å²) in [5.41, 5.74) is 6.88. The maximum atomic E-state index is 11.6. The van der Waals surface area contributed by atoms with Crippen LogP contribution in [0, 0.1) is 5.92 Å². The molecule has 0 bridgehead atoms. The molecule has 17 heavy (non-hydrogen) atoms. The van der Waals surface area contributed by atoms with Crippen molar-refractivity contribution in [3.8, 4) is 0 Å². The predicted molar refractivity (Wildman–Crippen MR) is 73.7 cm³/mol. The number of halogens is 1. The second-order valence-electron chi connectivity index (χ2n) is 4.32. The number of benzene rings is 1. The van der Waals surface area contributed by atoms with E-state index >= 15 is 0 Å². The molecule has 1 amide bonds. The third-order valence-electron chi connectivity index (χ3n) is 2.83. The summed E-state index contributed by atoms with van der Waals surface area (Å²) >= 11 is 3.39. The number of carbonyl (C=O) groups is 1. The fourth-order valence-corrected chi connectivity index (χ4v) is 1.65. The predicted octanol–water partition coefficient (Wildman–Crippen LogP) is 2.09. The first kappa shape index (κ1) is 14.2. The maximum absolute atomic E-state index is 11.6. The van der Waals surface area contributed by atoms with Crippen molar-refractivity contribution in [1.29, 1.82) is 0 Å².